The van der Waals surface area contributed by atoms with Crippen LogP contribution in [0.1, 0.15) is 0 Å². The van der Waals surface area contributed by atoms with Crippen molar-refractivity contribution in [3.05, 3.63) is 12.4 Å². The van der Waals surface area contributed by atoms with Gasteiger partial charge in [0.05, 0.1) is 24.7 Å². The van der Waals surface area contributed by atoms with E-state index in [1.165, 1.54) is 6.20 Å². The number of hydrogen-bond acceptors (Lipinski definition) is 4. The number of nitrogens with one attached hydrogen (secondary N) is 1. The number of sulfonamides is 1. The molecule has 0 aliphatic carbocycles. The normalized spacial score (nSPS) is 10.0. The molecule has 0 aliphatic heterocycles. The first-order valence-corrected chi connectivity index (χ1v) is 5.61. The van der Waals surface area contributed by atoms with Gasteiger partial charge < -0.3 is 5.73 Å². The molecule has 0 radical (unpaired) electrons. The zero-order chi connectivity index (χ0) is 9.90. The van der Waals surface area contributed by atoms with Crippen molar-refractivity contribution in [1.29, 1.82) is 0 Å². The van der Waals surface area contributed by atoms with Crippen molar-refractivity contribution in [2.24, 2.45) is 5.73 Å². The van der Waals surface area contributed by atoms with Gasteiger partial charge >= 0.3 is 0 Å². The molecular weight excluding hydrogens is 263 g/mol. The average Bonchev–Trinajstić information content (AvgIpc) is 2.33. The van der Waals surface area contributed by atoms with Crippen LogP contribution in [-0.2, 0) is 16.6 Å². The number of nitrogens with two attached hydrogens (primary N) is 1. The van der Waals surface area contributed by atoms with Crippen LogP contribution >= 0.6 is 24.8 Å². The minimum Gasteiger partial charge on any atom is -0.329 e. The minimum absolute atomic E-state index is 0. The quantitative estimate of drug-likeness (QED) is 0.814. The fourth-order valence-corrected chi connectivity index (χ4v) is 1.42. The van der Waals surface area contributed by atoms with Crippen LogP contribution < -0.4 is 10.5 Å². The third-order valence-corrected chi connectivity index (χ3v) is 1.90. The Hall–Kier alpha value is -0.500. The number of halogens is 2. The van der Waals surface area contributed by atoms with Gasteiger partial charge in [0.15, 0.2) is 0 Å². The molecule has 0 aromatic carbocycles. The molecule has 1 aromatic rings. The summed E-state index contributed by atoms with van der Waals surface area (Å²) in [7, 11) is -3.21. The molecule has 9 heteroatoms. The van der Waals surface area contributed by atoms with E-state index >= 15 is 0 Å². The van der Waals surface area contributed by atoms with E-state index in [1.54, 1.807) is 10.9 Å². The van der Waals surface area contributed by atoms with Crippen LogP contribution in [0, 0.1) is 0 Å². The number of aromatic nitrogens is 2. The molecule has 0 atom stereocenters. The van der Waals surface area contributed by atoms with Crippen molar-refractivity contribution in [3.8, 4) is 0 Å². The van der Waals surface area contributed by atoms with Gasteiger partial charge in [-0.05, 0) is 0 Å². The molecule has 6 nitrogen and oxygen atoms in total. The second kappa shape index (κ2) is 6.89. The average molecular weight is 277 g/mol. The third kappa shape index (κ3) is 6.56. The molecule has 3 N–H and O–H groups in total. The van der Waals surface area contributed by atoms with Gasteiger partial charge in [-0.1, -0.05) is 0 Å². The highest BCUT2D eigenvalue weighted by atomic mass is 35.5. The Morgan fingerprint density at radius 2 is 2.13 bits per heavy atom. The summed E-state index contributed by atoms with van der Waals surface area (Å²) in [4.78, 5) is 0. The lowest BCUT2D eigenvalue weighted by Gasteiger charge is -1.98. The third-order valence-electron chi connectivity index (χ3n) is 1.29. The maximum Gasteiger partial charge on any atom is 0.229 e. The van der Waals surface area contributed by atoms with Gasteiger partial charge in [0.2, 0.25) is 10.0 Å². The monoisotopic (exact) mass is 276 g/mol. The van der Waals surface area contributed by atoms with Crippen LogP contribution in [0.2, 0.25) is 0 Å². The van der Waals surface area contributed by atoms with Crippen molar-refractivity contribution >= 4 is 40.5 Å². The Morgan fingerprint density at radius 1 is 1.53 bits per heavy atom. The number of rotatable bonds is 4. The molecule has 0 saturated heterocycles. The first-order chi connectivity index (χ1) is 6.01. The van der Waals surface area contributed by atoms with E-state index in [1.807, 2.05) is 0 Å². The molecule has 0 spiro atoms. The molecule has 0 bridgehead atoms. The molecule has 1 rings (SSSR count). The number of nitrogens with zero attached hydrogens (tertiary/aromatic N) is 2. The molecule has 0 saturated carbocycles. The van der Waals surface area contributed by atoms with Crippen LogP contribution in [0.5, 0.6) is 0 Å². The lowest BCUT2D eigenvalue weighted by atomic mass is 10.6. The highest BCUT2D eigenvalue weighted by Crippen LogP contribution is 2.05. The van der Waals surface area contributed by atoms with Gasteiger partial charge in [0, 0.05) is 12.7 Å². The van der Waals surface area contributed by atoms with E-state index < -0.39 is 10.0 Å². The van der Waals surface area contributed by atoms with Gasteiger partial charge in [0.25, 0.3) is 0 Å². The van der Waals surface area contributed by atoms with E-state index in [9.17, 15) is 8.42 Å². The summed E-state index contributed by atoms with van der Waals surface area (Å²) in [6.07, 6.45) is 4.12. The summed E-state index contributed by atoms with van der Waals surface area (Å²) >= 11 is 0. The number of hydrogen-bond donors (Lipinski definition) is 2. The fourth-order valence-electron chi connectivity index (χ4n) is 0.885. The number of anilines is 1. The summed E-state index contributed by atoms with van der Waals surface area (Å²) in [5.41, 5.74) is 5.75. The van der Waals surface area contributed by atoms with E-state index in [4.69, 9.17) is 5.73 Å². The van der Waals surface area contributed by atoms with E-state index in [0.29, 0.717) is 18.8 Å². The van der Waals surface area contributed by atoms with Crippen molar-refractivity contribution < 1.29 is 8.42 Å². The predicted molar refractivity (Wildman–Crippen MR) is 64.2 cm³/mol. The van der Waals surface area contributed by atoms with Crippen LogP contribution in [0.15, 0.2) is 12.4 Å². The van der Waals surface area contributed by atoms with Gasteiger partial charge in [0.1, 0.15) is 0 Å². The molecule has 0 unspecified atom stereocenters. The van der Waals surface area contributed by atoms with Gasteiger partial charge in [-0.3, -0.25) is 9.40 Å². The molecule has 15 heavy (non-hydrogen) atoms. The zero-order valence-electron chi connectivity index (χ0n) is 8.08. The Bertz CT molecular complexity index is 378. The Balaban J connectivity index is 0. The van der Waals surface area contributed by atoms with Gasteiger partial charge in [-0.25, -0.2) is 8.42 Å². The standard InChI is InChI=1S/C6H12N4O2S.2ClH/c1-13(11,12)9-6-4-8-10(5-6)3-2-7;;/h4-5,9H,2-3,7H2,1H3;2*1H. The summed E-state index contributed by atoms with van der Waals surface area (Å²) < 4.78 is 25.5. The van der Waals surface area contributed by atoms with Crippen molar-refractivity contribution in [1.82, 2.24) is 9.78 Å². The second-order valence-electron chi connectivity index (χ2n) is 2.65. The summed E-state index contributed by atoms with van der Waals surface area (Å²) in [6.45, 7) is 1.05. The zero-order valence-corrected chi connectivity index (χ0v) is 10.5. The van der Waals surface area contributed by atoms with Crippen LogP contribution in [0.3, 0.4) is 0 Å². The largest absolute Gasteiger partial charge is 0.329 e. The van der Waals surface area contributed by atoms with E-state index in [2.05, 4.69) is 9.82 Å². The topological polar surface area (TPSA) is 90.0 Å². The molecule has 0 aliphatic rings. The molecule has 1 aromatic heterocycles. The Morgan fingerprint density at radius 3 is 2.60 bits per heavy atom. The van der Waals surface area contributed by atoms with Gasteiger partial charge in [-0.15, -0.1) is 24.8 Å². The van der Waals surface area contributed by atoms with Crippen LogP contribution in [0.25, 0.3) is 0 Å². The second-order valence-corrected chi connectivity index (χ2v) is 4.40. The highest BCUT2D eigenvalue weighted by Gasteiger charge is 2.03. The molecular formula is C6H14Cl2N4O2S. The highest BCUT2D eigenvalue weighted by molar-refractivity contribution is 7.92. The summed E-state index contributed by atoms with van der Waals surface area (Å²) in [6, 6.07) is 0. The fraction of sp³-hybridized carbons (Fsp3) is 0.500. The maximum atomic E-state index is 10.8. The maximum absolute atomic E-state index is 10.8. The molecule has 90 valence electrons. The van der Waals surface area contributed by atoms with Crippen LogP contribution in [-0.4, -0.2) is 31.0 Å². The molecule has 1 heterocycles. The Kier molecular flexibility index (Phi) is 7.77. The lowest BCUT2D eigenvalue weighted by Crippen LogP contribution is -2.10. The van der Waals surface area contributed by atoms with E-state index in [0.717, 1.165) is 6.26 Å². The van der Waals surface area contributed by atoms with E-state index in [-0.39, 0.29) is 24.8 Å². The Labute approximate surface area is 101 Å². The SMILES string of the molecule is CS(=O)(=O)Nc1cnn(CCN)c1.Cl.Cl. The predicted octanol–water partition coefficient (Wildman–Crippen LogP) is 0.0569. The smallest absolute Gasteiger partial charge is 0.229 e. The van der Waals surface area contributed by atoms with Crippen molar-refractivity contribution in [3.63, 3.8) is 0 Å². The lowest BCUT2D eigenvalue weighted by molar-refractivity contribution is 0.606. The molecule has 0 amide bonds. The first kappa shape index (κ1) is 16.9. The van der Waals surface area contributed by atoms with Crippen molar-refractivity contribution in [2.75, 3.05) is 17.5 Å². The minimum atomic E-state index is -3.21. The summed E-state index contributed by atoms with van der Waals surface area (Å²) in [5, 5.41) is 3.90. The molecule has 0 fully saturated rings. The summed E-state index contributed by atoms with van der Waals surface area (Å²) in [5.74, 6) is 0. The first-order valence-electron chi connectivity index (χ1n) is 3.71. The van der Waals surface area contributed by atoms with Gasteiger partial charge in [-0.2, -0.15) is 5.10 Å². The van der Waals surface area contributed by atoms with Crippen LogP contribution in [0.4, 0.5) is 5.69 Å². The van der Waals surface area contributed by atoms with Crippen molar-refractivity contribution in [2.45, 2.75) is 6.54 Å².